The van der Waals surface area contributed by atoms with Crippen LogP contribution < -0.4 is 29.6 Å². The molecule has 10 heteroatoms. The zero-order chi connectivity index (χ0) is 13.8. The van der Waals surface area contributed by atoms with E-state index >= 15 is 0 Å². The van der Waals surface area contributed by atoms with Gasteiger partial charge >= 0.3 is 29.6 Å². The Morgan fingerprint density at radius 3 is 1.65 bits per heavy atom. The summed E-state index contributed by atoms with van der Waals surface area (Å²) in [6, 6.07) is 0. The maximum atomic E-state index is 9.30. The van der Waals surface area contributed by atoms with Crippen LogP contribution in [0.5, 0.6) is 0 Å². The minimum Gasteiger partial charge on any atom is -0.444 e. The van der Waals surface area contributed by atoms with Crippen LogP contribution in [0, 0.1) is 15.0 Å². The van der Waals surface area contributed by atoms with Gasteiger partial charge in [-0.25, -0.2) is 0 Å². The van der Waals surface area contributed by atoms with E-state index in [0.29, 0.717) is 13.2 Å². The molecule has 0 rings (SSSR count). The standard InChI is InChI=1S/C5H11NO2.C5H12O.HNO2.Na.2H2O/c1-2-3-4-5-8-6-7;1-2-3-4-5-6;2-1-3;;;/h2-5H2,1H3;6H,2-5H2,1H3;(H,2,3);;2*1H2/q;;;+1;;/p-1. The molecular weight excluding hydrogens is 283 g/mol. The van der Waals surface area contributed by atoms with Gasteiger partial charge in [0, 0.05) is 6.61 Å². The quantitative estimate of drug-likeness (QED) is 0.252. The molecule has 0 saturated heterocycles. The van der Waals surface area contributed by atoms with E-state index < -0.39 is 0 Å². The Morgan fingerprint density at radius 2 is 1.40 bits per heavy atom. The molecule has 0 aromatic heterocycles. The number of unbranched alkanes of at least 4 members (excludes halogenated alkanes) is 4. The summed E-state index contributed by atoms with van der Waals surface area (Å²) >= 11 is 0. The van der Waals surface area contributed by atoms with Crippen LogP contribution in [0.4, 0.5) is 0 Å². The van der Waals surface area contributed by atoms with Crippen molar-refractivity contribution >= 4 is 0 Å². The van der Waals surface area contributed by atoms with Crippen LogP contribution >= 0.6 is 0 Å². The Hall–Kier alpha value is -0.320. The van der Waals surface area contributed by atoms with Crippen molar-refractivity contribution in [1.29, 1.82) is 0 Å². The summed E-state index contributed by atoms with van der Waals surface area (Å²) in [6.07, 6.45) is 6.51. The molecular formula is C10H27N2NaO7. The molecule has 5 N–H and O–H groups in total. The summed E-state index contributed by atoms with van der Waals surface area (Å²) in [5, 5.41) is 19.5. The van der Waals surface area contributed by atoms with Crippen molar-refractivity contribution in [2.45, 2.75) is 52.4 Å². The molecule has 0 atom stereocenters. The Kier molecular flexibility index (Phi) is 93.9. The molecule has 0 aliphatic heterocycles. The first-order valence-corrected chi connectivity index (χ1v) is 5.75. The average molecular weight is 310 g/mol. The summed E-state index contributed by atoms with van der Waals surface area (Å²) in [4.78, 5) is 21.5. The van der Waals surface area contributed by atoms with Crippen molar-refractivity contribution < 1.29 is 50.5 Å². The third kappa shape index (κ3) is 83.4. The molecule has 0 aliphatic carbocycles. The molecule has 0 radical (unpaired) electrons. The monoisotopic (exact) mass is 310 g/mol. The second-order valence-corrected chi connectivity index (χ2v) is 3.12. The van der Waals surface area contributed by atoms with Gasteiger partial charge in [0.25, 0.3) is 0 Å². The van der Waals surface area contributed by atoms with Crippen molar-refractivity contribution in [2.24, 2.45) is 10.7 Å². The molecule has 120 valence electrons. The Balaban J connectivity index is -0.0000000370. The van der Waals surface area contributed by atoms with E-state index in [0.717, 1.165) is 37.4 Å². The van der Waals surface area contributed by atoms with Crippen molar-refractivity contribution in [3.05, 3.63) is 15.0 Å². The summed E-state index contributed by atoms with van der Waals surface area (Å²) in [5.74, 6) is 0. The van der Waals surface area contributed by atoms with Gasteiger partial charge in [0.15, 0.2) is 5.34 Å². The molecule has 0 unspecified atom stereocenters. The van der Waals surface area contributed by atoms with Gasteiger partial charge in [-0.15, -0.1) is 10.2 Å². The third-order valence-corrected chi connectivity index (χ3v) is 1.65. The number of aliphatic hydroxyl groups is 1. The normalized spacial score (nSPS) is 6.75. The average Bonchev–Trinajstić information content (AvgIpc) is 2.34. The predicted molar refractivity (Wildman–Crippen MR) is 74.3 cm³/mol. The molecule has 0 spiro atoms. The van der Waals surface area contributed by atoms with Gasteiger partial charge < -0.3 is 31.0 Å². The van der Waals surface area contributed by atoms with Crippen molar-refractivity contribution in [2.75, 3.05) is 13.2 Å². The van der Waals surface area contributed by atoms with Gasteiger partial charge in [0.2, 0.25) is 0 Å². The SMILES string of the molecule is CCCCCO.CCCCCON=O.O.O.O=N[O-].[Na+]. The zero-order valence-electron chi connectivity index (χ0n) is 12.6. The van der Waals surface area contributed by atoms with Crippen LogP contribution in [0.15, 0.2) is 10.7 Å². The van der Waals surface area contributed by atoms with E-state index in [1.54, 1.807) is 0 Å². The van der Waals surface area contributed by atoms with Crippen molar-refractivity contribution in [1.82, 2.24) is 0 Å². The molecule has 9 nitrogen and oxygen atoms in total. The third-order valence-electron chi connectivity index (χ3n) is 1.65. The first-order chi connectivity index (χ1) is 8.24. The maximum absolute atomic E-state index is 9.30. The first kappa shape index (κ1) is 36.7. The van der Waals surface area contributed by atoms with Gasteiger partial charge in [-0.1, -0.05) is 39.5 Å². The molecule has 0 saturated carbocycles. The Labute approximate surface area is 141 Å². The number of hydrogen-bond acceptors (Lipinski definition) is 7. The molecule has 0 heterocycles. The summed E-state index contributed by atoms with van der Waals surface area (Å²) in [6.45, 7) is 5.04. The van der Waals surface area contributed by atoms with Crippen LogP contribution in [0.25, 0.3) is 0 Å². The fourth-order valence-electron chi connectivity index (χ4n) is 0.816. The van der Waals surface area contributed by atoms with E-state index in [1.807, 2.05) is 0 Å². The molecule has 0 aromatic carbocycles. The Morgan fingerprint density at radius 1 is 1.00 bits per heavy atom. The van der Waals surface area contributed by atoms with Crippen LogP contribution in [-0.2, 0) is 4.84 Å². The number of rotatable bonds is 8. The van der Waals surface area contributed by atoms with Crippen molar-refractivity contribution in [3.63, 3.8) is 0 Å². The van der Waals surface area contributed by atoms with Gasteiger partial charge in [0.05, 0.1) is 0 Å². The molecule has 0 fully saturated rings. The summed E-state index contributed by atoms with van der Waals surface area (Å²) in [5.41, 5.74) is 0. The van der Waals surface area contributed by atoms with E-state index in [-0.39, 0.29) is 40.5 Å². The molecule has 0 amide bonds. The van der Waals surface area contributed by atoms with E-state index in [9.17, 15) is 4.91 Å². The van der Waals surface area contributed by atoms with E-state index in [1.165, 1.54) is 6.42 Å². The number of nitrogens with zero attached hydrogens (tertiary/aromatic N) is 2. The smallest absolute Gasteiger partial charge is 0.444 e. The van der Waals surface area contributed by atoms with E-state index in [4.69, 9.17) is 15.2 Å². The molecule has 0 aliphatic rings. The second-order valence-electron chi connectivity index (χ2n) is 3.12. The molecule has 0 aromatic rings. The van der Waals surface area contributed by atoms with Gasteiger partial charge in [-0.3, -0.25) is 0 Å². The van der Waals surface area contributed by atoms with Crippen LogP contribution in [0.2, 0.25) is 0 Å². The minimum absolute atomic E-state index is 0. The topological polar surface area (TPSA) is 174 Å². The zero-order valence-corrected chi connectivity index (χ0v) is 14.6. The fraction of sp³-hybridized carbons (Fsp3) is 1.00. The molecule has 20 heavy (non-hydrogen) atoms. The Bertz CT molecular complexity index is 141. The predicted octanol–water partition coefficient (Wildman–Crippen LogP) is -1.35. The number of aliphatic hydroxyl groups excluding tert-OH is 1. The van der Waals surface area contributed by atoms with Gasteiger partial charge in [-0.2, -0.15) is 0 Å². The first-order valence-electron chi connectivity index (χ1n) is 5.75. The van der Waals surface area contributed by atoms with Gasteiger partial charge in [0.1, 0.15) is 6.61 Å². The largest absolute Gasteiger partial charge is 1.00 e. The molecule has 0 bridgehead atoms. The van der Waals surface area contributed by atoms with Crippen molar-refractivity contribution in [3.8, 4) is 0 Å². The van der Waals surface area contributed by atoms with E-state index in [2.05, 4.69) is 24.0 Å². The van der Waals surface area contributed by atoms with Crippen LogP contribution in [-0.4, -0.2) is 29.3 Å². The summed E-state index contributed by atoms with van der Waals surface area (Å²) < 4.78 is 0. The van der Waals surface area contributed by atoms with Crippen LogP contribution in [0.1, 0.15) is 52.4 Å². The number of hydrogen-bond donors (Lipinski definition) is 1. The second kappa shape index (κ2) is 51.2. The van der Waals surface area contributed by atoms with Crippen LogP contribution in [0.3, 0.4) is 0 Å². The maximum Gasteiger partial charge on any atom is 1.00 e. The van der Waals surface area contributed by atoms with Gasteiger partial charge in [-0.05, 0) is 12.8 Å². The summed E-state index contributed by atoms with van der Waals surface area (Å²) in [7, 11) is 0. The fourth-order valence-corrected chi connectivity index (χ4v) is 0.816. The minimum atomic E-state index is 0.